The Morgan fingerprint density at radius 1 is 1.22 bits per heavy atom. The zero-order chi connectivity index (χ0) is 15.8. The molecule has 4 aromatic rings. The van der Waals surface area contributed by atoms with Crippen molar-refractivity contribution in [1.82, 2.24) is 19.7 Å². The van der Waals surface area contributed by atoms with Gasteiger partial charge in [0.1, 0.15) is 0 Å². The fourth-order valence-corrected chi connectivity index (χ4v) is 2.63. The van der Waals surface area contributed by atoms with E-state index >= 15 is 0 Å². The predicted molar refractivity (Wildman–Crippen MR) is 83.2 cm³/mol. The van der Waals surface area contributed by atoms with Crippen LogP contribution in [0.3, 0.4) is 0 Å². The number of pyridine rings is 1. The largest absolute Gasteiger partial charge is 0.316 e. The van der Waals surface area contributed by atoms with Gasteiger partial charge in [0.2, 0.25) is 5.69 Å². The van der Waals surface area contributed by atoms with Gasteiger partial charge in [-0.15, -0.1) is 0 Å². The number of hydrogen-bond acceptors (Lipinski definition) is 4. The van der Waals surface area contributed by atoms with Crippen LogP contribution in [0.4, 0.5) is 0 Å². The number of para-hydroxylation sites is 2. The van der Waals surface area contributed by atoms with Gasteiger partial charge in [0.05, 0.1) is 11.0 Å². The van der Waals surface area contributed by atoms with Crippen LogP contribution in [0.15, 0.2) is 53.4 Å². The highest BCUT2D eigenvalue weighted by Crippen LogP contribution is 2.25. The first-order chi connectivity index (χ1) is 11.2. The summed E-state index contributed by atoms with van der Waals surface area (Å²) in [5, 5.41) is 2.66. The molecule has 114 valence electrons. The zero-order valence-electron chi connectivity index (χ0n) is 12.4. The van der Waals surface area contributed by atoms with E-state index in [1.54, 1.807) is 19.3 Å². The van der Waals surface area contributed by atoms with E-state index < -0.39 is 0 Å². The van der Waals surface area contributed by atoms with Crippen molar-refractivity contribution in [2.75, 3.05) is 0 Å². The number of H-pyrrole nitrogens is 1. The molecule has 3 heterocycles. The van der Waals surface area contributed by atoms with Crippen LogP contribution < -0.4 is 4.60 Å². The van der Waals surface area contributed by atoms with Crippen molar-refractivity contribution < 1.29 is 9.23 Å². The number of rotatable bonds is 3. The number of benzene rings is 1. The molecule has 0 radical (unpaired) electrons. The van der Waals surface area contributed by atoms with E-state index in [-0.39, 0.29) is 0 Å². The second-order valence-electron chi connectivity index (χ2n) is 5.28. The normalized spacial score (nSPS) is 11.2. The van der Waals surface area contributed by atoms with Crippen molar-refractivity contribution in [3.63, 3.8) is 0 Å². The minimum Gasteiger partial charge on any atom is -0.316 e. The third-order valence-electron chi connectivity index (χ3n) is 3.83. The van der Waals surface area contributed by atoms with Crippen molar-refractivity contribution in [2.24, 2.45) is 0 Å². The molecule has 4 rings (SSSR count). The maximum absolute atomic E-state index is 11.6. The lowest BCUT2D eigenvalue weighted by Gasteiger charge is -2.06. The molecule has 1 aromatic carbocycles. The number of fused-ring (bicyclic) bond motifs is 1. The summed E-state index contributed by atoms with van der Waals surface area (Å²) in [5.74, 6) is 0.666. The molecular formula is C16H14N5O2+. The Kier molecular flexibility index (Phi) is 3.04. The summed E-state index contributed by atoms with van der Waals surface area (Å²) in [6.07, 6.45) is 3.52. The van der Waals surface area contributed by atoms with Crippen LogP contribution in [0.1, 0.15) is 11.3 Å². The molecule has 3 aromatic heterocycles. The first kappa shape index (κ1) is 13.4. The van der Waals surface area contributed by atoms with Crippen LogP contribution in [0.5, 0.6) is 0 Å². The highest BCUT2D eigenvalue weighted by Gasteiger charge is 2.24. The summed E-state index contributed by atoms with van der Waals surface area (Å²) in [7, 11) is 0. The highest BCUT2D eigenvalue weighted by molar-refractivity contribution is 5.80. The molecule has 7 heteroatoms. The number of nitrogens with zero attached hydrogens (tertiary/aromatic N) is 4. The monoisotopic (exact) mass is 308 g/mol. The first-order valence-electron chi connectivity index (χ1n) is 7.19. The Hall–Kier alpha value is -3.22. The second kappa shape index (κ2) is 5.20. The van der Waals surface area contributed by atoms with Gasteiger partial charge in [-0.3, -0.25) is 4.98 Å². The van der Waals surface area contributed by atoms with Gasteiger partial charge in [-0.25, -0.2) is 4.98 Å². The fraction of sp³-hybridized carbons (Fsp3) is 0.125. The molecule has 0 unspecified atom stereocenters. The lowest BCUT2D eigenvalue weighted by molar-refractivity contribution is -0.718. The maximum Gasteiger partial charge on any atom is 0.257 e. The number of nitrogens with one attached hydrogen (secondary N) is 1. The third kappa shape index (κ3) is 2.22. The van der Waals surface area contributed by atoms with Crippen LogP contribution in [0, 0.1) is 11.8 Å². The van der Waals surface area contributed by atoms with E-state index in [2.05, 4.69) is 19.7 Å². The van der Waals surface area contributed by atoms with Gasteiger partial charge >= 0.3 is 0 Å². The molecule has 0 aliphatic heterocycles. The van der Waals surface area contributed by atoms with Gasteiger partial charge in [0.25, 0.3) is 5.69 Å². The molecule has 1 N–H and O–H groups in total. The average molecular weight is 308 g/mol. The number of aromatic nitrogens is 5. The van der Waals surface area contributed by atoms with Crippen LogP contribution in [0.2, 0.25) is 0 Å². The fourth-order valence-electron chi connectivity index (χ4n) is 2.63. The van der Waals surface area contributed by atoms with Gasteiger partial charge in [0.15, 0.2) is 10.4 Å². The Labute approximate surface area is 130 Å². The number of imidazole rings is 1. The van der Waals surface area contributed by atoms with E-state index in [1.165, 1.54) is 0 Å². The Balaban J connectivity index is 1.95. The maximum atomic E-state index is 11.6. The minimum absolute atomic E-state index is 0.441. The molecule has 0 atom stereocenters. The standard InChI is InChI=1S/C16H14N5O2/c1-11-15(19-23-21(11)22)16-18-13-4-2-3-5-14(13)20(16)10-12-6-8-17-9-7-12/h2-9,19H,10H2,1H3/q+1. The molecule has 0 spiro atoms. The van der Waals surface area contributed by atoms with Gasteiger partial charge in [0, 0.05) is 25.9 Å². The van der Waals surface area contributed by atoms with Crippen LogP contribution in [0.25, 0.3) is 22.6 Å². The van der Waals surface area contributed by atoms with Gasteiger partial charge in [-0.05, 0) is 34.7 Å². The van der Waals surface area contributed by atoms with E-state index in [9.17, 15) is 4.91 Å². The average Bonchev–Trinajstić information content (AvgIpc) is 3.10. The zero-order valence-corrected chi connectivity index (χ0v) is 12.4. The summed E-state index contributed by atoms with van der Waals surface area (Å²) in [6, 6.07) is 11.8. The molecule has 0 saturated carbocycles. The lowest BCUT2D eigenvalue weighted by atomic mass is 10.2. The molecule has 0 fully saturated rings. The van der Waals surface area contributed by atoms with Crippen molar-refractivity contribution in [3.8, 4) is 11.5 Å². The summed E-state index contributed by atoms with van der Waals surface area (Å²) in [6.45, 7) is 2.31. The molecular weight excluding hydrogens is 294 g/mol. The minimum atomic E-state index is 0.441. The summed E-state index contributed by atoms with van der Waals surface area (Å²) in [5.41, 5.74) is 3.97. The molecule has 0 amide bonds. The van der Waals surface area contributed by atoms with Crippen molar-refractivity contribution in [2.45, 2.75) is 13.5 Å². The quantitative estimate of drug-likeness (QED) is 0.629. The Morgan fingerprint density at radius 2 is 2.00 bits per heavy atom. The summed E-state index contributed by atoms with van der Waals surface area (Å²) in [4.78, 5) is 20.3. The number of aromatic amines is 1. The van der Waals surface area contributed by atoms with Crippen LogP contribution >= 0.6 is 0 Å². The molecule has 23 heavy (non-hydrogen) atoms. The smallest absolute Gasteiger partial charge is 0.257 e. The van der Waals surface area contributed by atoms with Crippen molar-refractivity contribution in [3.05, 3.63) is 65.0 Å². The highest BCUT2D eigenvalue weighted by atomic mass is 16.7. The molecule has 7 nitrogen and oxygen atoms in total. The Morgan fingerprint density at radius 3 is 2.74 bits per heavy atom. The van der Waals surface area contributed by atoms with Gasteiger partial charge in [-0.1, -0.05) is 21.9 Å². The molecule has 0 saturated heterocycles. The third-order valence-corrected chi connectivity index (χ3v) is 3.83. The topological polar surface area (TPSA) is 82.6 Å². The van der Waals surface area contributed by atoms with Crippen molar-refractivity contribution in [1.29, 1.82) is 0 Å². The van der Waals surface area contributed by atoms with E-state index in [0.717, 1.165) is 16.6 Å². The van der Waals surface area contributed by atoms with E-state index in [1.807, 2.05) is 36.4 Å². The van der Waals surface area contributed by atoms with E-state index in [4.69, 9.17) is 4.63 Å². The van der Waals surface area contributed by atoms with Gasteiger partial charge < -0.3 is 4.57 Å². The Bertz CT molecular complexity index is 1030. The second-order valence-corrected chi connectivity index (χ2v) is 5.28. The summed E-state index contributed by atoms with van der Waals surface area (Å²) >= 11 is 0. The summed E-state index contributed by atoms with van der Waals surface area (Å²) < 4.78 is 7.33. The van der Waals surface area contributed by atoms with Crippen molar-refractivity contribution >= 4 is 11.0 Å². The SMILES string of the molecule is Cc1c(-c2nc3ccccc3n2Cc2ccncc2)[nH]o[n+]1=O. The van der Waals surface area contributed by atoms with Crippen LogP contribution in [-0.2, 0) is 6.54 Å². The molecule has 0 aliphatic carbocycles. The van der Waals surface area contributed by atoms with Gasteiger partial charge in [-0.2, -0.15) is 0 Å². The lowest BCUT2D eigenvalue weighted by Crippen LogP contribution is -2.13. The predicted octanol–water partition coefficient (Wildman–Crippen LogP) is 2.29. The first-order valence-corrected chi connectivity index (χ1v) is 7.19. The van der Waals surface area contributed by atoms with E-state index in [0.29, 0.717) is 28.4 Å². The number of hydrogen-bond donors (Lipinski definition) is 1. The molecule has 0 aliphatic rings. The van der Waals surface area contributed by atoms with Crippen LogP contribution in [-0.4, -0.2) is 19.7 Å². The molecule has 0 bridgehead atoms.